The number of rotatable bonds is 8. The minimum atomic E-state index is -3.18. The van der Waals surface area contributed by atoms with Crippen LogP contribution in [0.15, 0.2) is 4.99 Å². The van der Waals surface area contributed by atoms with Crippen LogP contribution in [0.5, 0.6) is 0 Å². The minimum absolute atomic E-state index is 0. The average Bonchev–Trinajstić information content (AvgIpc) is 2.27. The van der Waals surface area contributed by atoms with Gasteiger partial charge in [-0.3, -0.25) is 4.99 Å². The van der Waals surface area contributed by atoms with Crippen molar-refractivity contribution in [2.75, 3.05) is 31.9 Å². The van der Waals surface area contributed by atoms with E-state index in [4.69, 9.17) is 5.73 Å². The van der Waals surface area contributed by atoms with Crippen LogP contribution in [0.4, 0.5) is 0 Å². The van der Waals surface area contributed by atoms with E-state index in [9.17, 15) is 8.42 Å². The van der Waals surface area contributed by atoms with Crippen LogP contribution in [0.3, 0.4) is 0 Å². The maximum atomic E-state index is 11.9. The summed E-state index contributed by atoms with van der Waals surface area (Å²) in [4.78, 5) is 4.23. The zero-order chi connectivity index (χ0) is 14.3. The molecule has 0 atom stereocenters. The summed E-state index contributed by atoms with van der Waals surface area (Å²) in [5, 5.41) is 2.87. The van der Waals surface area contributed by atoms with Crippen LogP contribution in [-0.2, 0) is 10.0 Å². The quantitative estimate of drug-likeness (QED) is 0.350. The SMILES string of the molecule is CCN(CC)S(=O)(=O)CCNC(N)=NCC1CCC1.I. The smallest absolute Gasteiger partial charge is 0.215 e. The third-order valence-corrected chi connectivity index (χ3v) is 5.53. The predicted molar refractivity (Wildman–Crippen MR) is 94.0 cm³/mol. The first-order valence-electron chi connectivity index (χ1n) is 7.01. The fraction of sp³-hybridized carbons (Fsp3) is 0.917. The summed E-state index contributed by atoms with van der Waals surface area (Å²) in [7, 11) is -3.18. The highest BCUT2D eigenvalue weighted by Crippen LogP contribution is 2.26. The summed E-state index contributed by atoms with van der Waals surface area (Å²) in [5.41, 5.74) is 5.70. The molecule has 6 nitrogen and oxygen atoms in total. The first-order valence-corrected chi connectivity index (χ1v) is 8.62. The fourth-order valence-corrected chi connectivity index (χ4v) is 3.42. The van der Waals surface area contributed by atoms with Crippen molar-refractivity contribution >= 4 is 40.0 Å². The van der Waals surface area contributed by atoms with Gasteiger partial charge in [0, 0.05) is 26.2 Å². The standard InChI is InChI=1S/C12H26N4O2S.HI/c1-3-16(4-2)19(17,18)9-8-14-12(13)15-10-11-6-5-7-11;/h11H,3-10H2,1-2H3,(H3,13,14,15);1H. The lowest BCUT2D eigenvalue weighted by Crippen LogP contribution is -2.40. The van der Waals surface area contributed by atoms with Crippen molar-refractivity contribution in [3.63, 3.8) is 0 Å². The highest BCUT2D eigenvalue weighted by Gasteiger charge is 2.18. The number of halogens is 1. The molecule has 0 aliphatic heterocycles. The normalized spacial score (nSPS) is 16.6. The molecule has 0 radical (unpaired) electrons. The molecule has 0 heterocycles. The number of nitrogens with zero attached hydrogens (tertiary/aromatic N) is 2. The molecule has 0 unspecified atom stereocenters. The molecule has 0 aromatic carbocycles. The lowest BCUT2D eigenvalue weighted by molar-refractivity contribution is 0.326. The summed E-state index contributed by atoms with van der Waals surface area (Å²) in [6.07, 6.45) is 3.75. The molecule has 0 bridgehead atoms. The summed E-state index contributed by atoms with van der Waals surface area (Å²) >= 11 is 0. The van der Waals surface area contributed by atoms with Gasteiger partial charge in [0.1, 0.15) is 0 Å². The van der Waals surface area contributed by atoms with Gasteiger partial charge in [-0.25, -0.2) is 12.7 Å². The molecule has 1 aliphatic rings. The van der Waals surface area contributed by atoms with Crippen molar-refractivity contribution in [1.29, 1.82) is 0 Å². The molecule has 0 saturated heterocycles. The monoisotopic (exact) mass is 418 g/mol. The van der Waals surface area contributed by atoms with E-state index in [0.717, 1.165) is 6.54 Å². The molecule has 1 aliphatic carbocycles. The minimum Gasteiger partial charge on any atom is -0.370 e. The fourth-order valence-electron chi connectivity index (χ4n) is 2.01. The van der Waals surface area contributed by atoms with Gasteiger partial charge < -0.3 is 11.1 Å². The van der Waals surface area contributed by atoms with E-state index < -0.39 is 10.0 Å². The van der Waals surface area contributed by atoms with Crippen LogP contribution in [0.2, 0.25) is 0 Å². The first kappa shape index (κ1) is 19.9. The van der Waals surface area contributed by atoms with Crippen LogP contribution in [-0.4, -0.2) is 50.6 Å². The molecule has 0 spiro atoms. The van der Waals surface area contributed by atoms with Crippen molar-refractivity contribution in [2.45, 2.75) is 33.1 Å². The van der Waals surface area contributed by atoms with E-state index in [-0.39, 0.29) is 29.7 Å². The van der Waals surface area contributed by atoms with Crippen molar-refractivity contribution in [3.8, 4) is 0 Å². The van der Waals surface area contributed by atoms with Gasteiger partial charge in [-0.2, -0.15) is 0 Å². The Morgan fingerprint density at radius 1 is 1.35 bits per heavy atom. The maximum absolute atomic E-state index is 11.9. The Morgan fingerprint density at radius 3 is 2.40 bits per heavy atom. The lowest BCUT2D eigenvalue weighted by atomic mass is 9.86. The largest absolute Gasteiger partial charge is 0.370 e. The Bertz CT molecular complexity index is 392. The Hall–Kier alpha value is -0.0900. The van der Waals surface area contributed by atoms with Crippen molar-refractivity contribution in [1.82, 2.24) is 9.62 Å². The highest BCUT2D eigenvalue weighted by atomic mass is 127. The molecule has 0 aromatic heterocycles. The molecule has 0 aromatic rings. The molecule has 8 heteroatoms. The van der Waals surface area contributed by atoms with E-state index in [1.165, 1.54) is 23.6 Å². The molecule has 0 amide bonds. The lowest BCUT2D eigenvalue weighted by Gasteiger charge is -2.23. The van der Waals surface area contributed by atoms with E-state index in [1.807, 2.05) is 13.8 Å². The number of nitrogens with one attached hydrogen (secondary N) is 1. The highest BCUT2D eigenvalue weighted by molar-refractivity contribution is 14.0. The second-order valence-corrected chi connectivity index (χ2v) is 6.94. The molecule has 1 saturated carbocycles. The molecule has 120 valence electrons. The number of aliphatic imine (C=N–C) groups is 1. The average molecular weight is 418 g/mol. The Balaban J connectivity index is 0.00000361. The third kappa shape index (κ3) is 6.57. The summed E-state index contributed by atoms with van der Waals surface area (Å²) in [5.74, 6) is 1.07. The first-order chi connectivity index (χ1) is 8.99. The van der Waals surface area contributed by atoms with Crippen LogP contribution in [0.25, 0.3) is 0 Å². The number of hydrogen-bond donors (Lipinski definition) is 2. The number of sulfonamides is 1. The van der Waals surface area contributed by atoms with Gasteiger partial charge in [0.05, 0.1) is 5.75 Å². The summed E-state index contributed by atoms with van der Waals surface area (Å²) in [6, 6.07) is 0. The third-order valence-electron chi connectivity index (χ3n) is 3.51. The van der Waals surface area contributed by atoms with Gasteiger partial charge in [-0.05, 0) is 18.8 Å². The number of guanidine groups is 1. The summed E-state index contributed by atoms with van der Waals surface area (Å²) in [6.45, 7) is 5.74. The van der Waals surface area contributed by atoms with E-state index in [0.29, 0.717) is 31.5 Å². The zero-order valence-electron chi connectivity index (χ0n) is 12.3. The van der Waals surface area contributed by atoms with E-state index in [2.05, 4.69) is 10.3 Å². The topological polar surface area (TPSA) is 87.8 Å². The van der Waals surface area contributed by atoms with Gasteiger partial charge in [0.25, 0.3) is 0 Å². The second-order valence-electron chi connectivity index (χ2n) is 4.85. The van der Waals surface area contributed by atoms with Crippen molar-refractivity contribution in [2.24, 2.45) is 16.6 Å². The Morgan fingerprint density at radius 2 is 1.95 bits per heavy atom. The van der Waals surface area contributed by atoms with Crippen molar-refractivity contribution < 1.29 is 8.42 Å². The second kappa shape index (κ2) is 9.78. The Labute approximate surface area is 139 Å². The predicted octanol–water partition coefficient (Wildman–Crippen LogP) is 0.980. The number of hydrogen-bond acceptors (Lipinski definition) is 3. The molecule has 20 heavy (non-hydrogen) atoms. The van der Waals surface area contributed by atoms with Crippen LogP contribution >= 0.6 is 24.0 Å². The van der Waals surface area contributed by atoms with Gasteiger partial charge >= 0.3 is 0 Å². The zero-order valence-corrected chi connectivity index (χ0v) is 15.5. The van der Waals surface area contributed by atoms with E-state index in [1.54, 1.807) is 0 Å². The van der Waals surface area contributed by atoms with E-state index >= 15 is 0 Å². The van der Waals surface area contributed by atoms with Gasteiger partial charge in [-0.1, -0.05) is 20.3 Å². The Kier molecular flexibility index (Phi) is 9.73. The van der Waals surface area contributed by atoms with Gasteiger partial charge in [0.15, 0.2) is 5.96 Å². The summed E-state index contributed by atoms with van der Waals surface area (Å²) < 4.78 is 25.3. The van der Waals surface area contributed by atoms with Gasteiger partial charge in [0.2, 0.25) is 10.0 Å². The maximum Gasteiger partial charge on any atom is 0.215 e. The molecular formula is C12H27IN4O2S. The van der Waals surface area contributed by atoms with Crippen molar-refractivity contribution in [3.05, 3.63) is 0 Å². The molecule has 1 fully saturated rings. The molecule has 3 N–H and O–H groups in total. The molecular weight excluding hydrogens is 391 g/mol. The van der Waals surface area contributed by atoms with Crippen LogP contribution < -0.4 is 11.1 Å². The van der Waals surface area contributed by atoms with Crippen LogP contribution in [0.1, 0.15) is 33.1 Å². The molecule has 1 rings (SSSR count). The van der Waals surface area contributed by atoms with Crippen LogP contribution in [0, 0.1) is 5.92 Å². The number of nitrogens with two attached hydrogens (primary N) is 1. The van der Waals surface area contributed by atoms with Gasteiger partial charge in [-0.15, -0.1) is 24.0 Å².